The van der Waals surface area contributed by atoms with Crippen LogP contribution in [0.15, 0.2) is 18.2 Å². The van der Waals surface area contributed by atoms with Crippen molar-refractivity contribution in [1.82, 2.24) is 5.32 Å². The second-order valence-electron chi connectivity index (χ2n) is 4.97. The van der Waals surface area contributed by atoms with Gasteiger partial charge in [0.15, 0.2) is 8.46 Å². The fourth-order valence-electron chi connectivity index (χ4n) is 1.99. The molecule has 0 radical (unpaired) electrons. The fourth-order valence-corrected chi connectivity index (χ4v) is 2.28. The van der Waals surface area contributed by atoms with Gasteiger partial charge in [-0.05, 0) is 12.5 Å². The Kier molecular flexibility index (Phi) is 7.77. The standard InChI is InChI=1S/C14H17N2O7P/c1-9(8-23-14(18)19)11-4-3-10(7-12(11)16(20)21)13(17)15-5-2-6-24-22/h3-4,7,9H,2,5-6,8H2,1H3,(H,15,17)(H,18,19). The number of benzene rings is 1. The normalized spacial score (nSPS) is 11.7. The lowest BCUT2D eigenvalue weighted by Gasteiger charge is -2.12. The average molecular weight is 356 g/mol. The van der Waals surface area contributed by atoms with Gasteiger partial charge in [0.1, 0.15) is 6.61 Å². The molecule has 1 amide bonds. The number of nitro benzene ring substituents is 1. The monoisotopic (exact) mass is 356 g/mol. The molecule has 0 saturated carbocycles. The van der Waals surface area contributed by atoms with Crippen LogP contribution < -0.4 is 5.32 Å². The zero-order valence-electron chi connectivity index (χ0n) is 12.9. The molecule has 1 unspecified atom stereocenters. The number of carbonyl (C=O) groups is 2. The highest BCUT2D eigenvalue weighted by Gasteiger charge is 2.22. The molecule has 0 heterocycles. The number of nitrogens with one attached hydrogen (secondary N) is 1. The third-order valence-electron chi connectivity index (χ3n) is 3.19. The molecule has 1 aromatic carbocycles. The van der Waals surface area contributed by atoms with E-state index in [9.17, 15) is 24.3 Å². The molecule has 0 bridgehead atoms. The Hall–Kier alpha value is -2.54. The number of hydrogen-bond donors (Lipinski definition) is 2. The first kappa shape index (κ1) is 19.5. The van der Waals surface area contributed by atoms with Gasteiger partial charge in [0.2, 0.25) is 0 Å². The summed E-state index contributed by atoms with van der Waals surface area (Å²) in [7, 11) is -0.00296. The number of carboxylic acid groups (broad SMARTS) is 1. The van der Waals surface area contributed by atoms with E-state index >= 15 is 0 Å². The Balaban J connectivity index is 2.90. The predicted octanol–water partition coefficient (Wildman–Crippen LogP) is 2.80. The van der Waals surface area contributed by atoms with Crippen LogP contribution in [0.1, 0.15) is 35.2 Å². The number of amides is 1. The minimum absolute atomic E-state index is 0.00296. The number of nitro groups is 1. The van der Waals surface area contributed by atoms with Crippen LogP contribution in [0.5, 0.6) is 0 Å². The molecule has 0 aliphatic heterocycles. The van der Waals surface area contributed by atoms with Crippen molar-refractivity contribution >= 4 is 26.2 Å². The first-order valence-corrected chi connectivity index (χ1v) is 8.08. The van der Waals surface area contributed by atoms with E-state index in [1.54, 1.807) is 6.92 Å². The SMILES string of the molecule is CC(COC(=O)O)c1ccc(C(=O)NCCCP=O)cc1[N+](=O)[O-]. The maximum atomic E-state index is 12.0. The Morgan fingerprint density at radius 2 is 2.17 bits per heavy atom. The average Bonchev–Trinajstić information content (AvgIpc) is 2.55. The van der Waals surface area contributed by atoms with Crippen LogP contribution in [0, 0.1) is 10.1 Å². The van der Waals surface area contributed by atoms with E-state index in [2.05, 4.69) is 10.1 Å². The summed E-state index contributed by atoms with van der Waals surface area (Å²) in [4.78, 5) is 33.0. The van der Waals surface area contributed by atoms with Crippen LogP contribution in [0.3, 0.4) is 0 Å². The number of nitrogens with zero attached hydrogens (tertiary/aromatic N) is 1. The van der Waals surface area contributed by atoms with Crippen molar-refractivity contribution in [2.45, 2.75) is 19.3 Å². The second kappa shape index (κ2) is 9.57. The molecule has 0 saturated heterocycles. The molecule has 0 aliphatic carbocycles. The molecule has 130 valence electrons. The minimum atomic E-state index is -1.46. The van der Waals surface area contributed by atoms with E-state index in [1.165, 1.54) is 12.1 Å². The zero-order valence-corrected chi connectivity index (χ0v) is 13.8. The van der Waals surface area contributed by atoms with Crippen molar-refractivity contribution in [3.8, 4) is 0 Å². The topological polar surface area (TPSA) is 136 Å². The van der Waals surface area contributed by atoms with Gasteiger partial charge in [-0.2, -0.15) is 0 Å². The van der Waals surface area contributed by atoms with Crippen molar-refractivity contribution in [3.63, 3.8) is 0 Å². The summed E-state index contributed by atoms with van der Waals surface area (Å²) in [5.41, 5.74) is 0.127. The van der Waals surface area contributed by atoms with Gasteiger partial charge in [-0.3, -0.25) is 19.5 Å². The lowest BCUT2D eigenvalue weighted by atomic mass is 9.98. The largest absolute Gasteiger partial charge is 0.505 e. The summed E-state index contributed by atoms with van der Waals surface area (Å²) in [6.45, 7) is 1.68. The third kappa shape index (κ3) is 5.92. The van der Waals surface area contributed by atoms with Gasteiger partial charge < -0.3 is 15.2 Å². The van der Waals surface area contributed by atoms with Gasteiger partial charge in [0.25, 0.3) is 11.6 Å². The van der Waals surface area contributed by atoms with Crippen molar-refractivity contribution in [3.05, 3.63) is 39.4 Å². The van der Waals surface area contributed by atoms with Gasteiger partial charge in [0.05, 0.1) is 4.92 Å². The molecule has 1 rings (SSSR count). The van der Waals surface area contributed by atoms with Gasteiger partial charge in [-0.25, -0.2) is 4.79 Å². The van der Waals surface area contributed by atoms with Crippen LogP contribution in [0.2, 0.25) is 0 Å². The third-order valence-corrected chi connectivity index (χ3v) is 3.69. The highest BCUT2D eigenvalue weighted by atomic mass is 31.1. The van der Waals surface area contributed by atoms with Crippen molar-refractivity contribution < 1.29 is 28.9 Å². The molecular weight excluding hydrogens is 339 g/mol. The van der Waals surface area contributed by atoms with Crippen LogP contribution in [0.25, 0.3) is 0 Å². The number of ether oxygens (including phenoxy) is 1. The van der Waals surface area contributed by atoms with E-state index in [0.717, 1.165) is 6.07 Å². The Morgan fingerprint density at radius 3 is 2.75 bits per heavy atom. The fraction of sp³-hybridized carbons (Fsp3) is 0.429. The van der Waals surface area contributed by atoms with Crippen molar-refractivity contribution in [1.29, 1.82) is 0 Å². The Morgan fingerprint density at radius 1 is 1.46 bits per heavy atom. The van der Waals surface area contributed by atoms with Gasteiger partial charge in [-0.1, -0.05) is 13.0 Å². The zero-order chi connectivity index (χ0) is 18.1. The summed E-state index contributed by atoms with van der Waals surface area (Å²) < 4.78 is 14.7. The van der Waals surface area contributed by atoms with Crippen LogP contribution in [-0.2, 0) is 9.30 Å². The molecule has 0 spiro atoms. The highest BCUT2D eigenvalue weighted by molar-refractivity contribution is 7.23. The number of rotatable bonds is 9. The van der Waals surface area contributed by atoms with Crippen molar-refractivity contribution in [2.75, 3.05) is 19.3 Å². The van der Waals surface area contributed by atoms with Crippen molar-refractivity contribution in [2.24, 2.45) is 0 Å². The highest BCUT2D eigenvalue weighted by Crippen LogP contribution is 2.28. The smallest absolute Gasteiger partial charge is 0.450 e. The summed E-state index contributed by atoms with van der Waals surface area (Å²) in [5, 5.41) is 22.3. The van der Waals surface area contributed by atoms with Crippen LogP contribution >= 0.6 is 8.46 Å². The van der Waals surface area contributed by atoms with Crippen LogP contribution in [0.4, 0.5) is 10.5 Å². The second-order valence-corrected chi connectivity index (χ2v) is 5.68. The van der Waals surface area contributed by atoms with E-state index < -0.39 is 22.9 Å². The maximum Gasteiger partial charge on any atom is 0.505 e. The van der Waals surface area contributed by atoms with Gasteiger partial charge >= 0.3 is 6.16 Å². The molecule has 1 atom stereocenters. The Bertz CT molecular complexity index is 636. The predicted molar refractivity (Wildman–Crippen MR) is 84.9 cm³/mol. The van der Waals surface area contributed by atoms with Gasteiger partial charge in [0, 0.05) is 35.8 Å². The molecule has 2 N–H and O–H groups in total. The molecule has 24 heavy (non-hydrogen) atoms. The molecule has 1 aromatic rings. The quantitative estimate of drug-likeness (QED) is 0.228. The van der Waals surface area contributed by atoms with E-state index in [-0.39, 0.29) is 31.9 Å². The van der Waals surface area contributed by atoms with E-state index in [1.807, 2.05) is 0 Å². The number of hydrogen-bond acceptors (Lipinski definition) is 6. The molecular formula is C14H17N2O7P. The first-order chi connectivity index (χ1) is 11.4. The lowest BCUT2D eigenvalue weighted by molar-refractivity contribution is -0.385. The molecule has 0 fully saturated rings. The summed E-state index contributed by atoms with van der Waals surface area (Å²) in [5.74, 6) is -1.00. The van der Waals surface area contributed by atoms with E-state index in [0.29, 0.717) is 19.1 Å². The molecule has 0 aliphatic rings. The summed E-state index contributed by atoms with van der Waals surface area (Å²) >= 11 is 0. The lowest BCUT2D eigenvalue weighted by Crippen LogP contribution is -2.25. The summed E-state index contributed by atoms with van der Waals surface area (Å²) in [6.07, 6.45) is -0.515. The van der Waals surface area contributed by atoms with Crippen LogP contribution in [-0.4, -0.2) is 41.4 Å². The van der Waals surface area contributed by atoms with E-state index in [4.69, 9.17) is 5.11 Å². The maximum absolute atomic E-state index is 12.0. The Labute approximate surface area is 139 Å². The molecule has 9 nitrogen and oxygen atoms in total. The first-order valence-electron chi connectivity index (χ1n) is 7.08. The molecule has 0 aromatic heterocycles. The molecule has 10 heteroatoms. The number of carbonyl (C=O) groups excluding carboxylic acids is 1. The summed E-state index contributed by atoms with van der Waals surface area (Å²) in [6, 6.07) is 3.99. The minimum Gasteiger partial charge on any atom is -0.450 e. The van der Waals surface area contributed by atoms with Gasteiger partial charge in [-0.15, -0.1) is 0 Å².